The molecule has 1 aromatic rings. The van der Waals surface area contributed by atoms with Crippen LogP contribution in [0.25, 0.3) is 5.57 Å². The van der Waals surface area contributed by atoms with Crippen LogP contribution in [0.2, 0.25) is 0 Å². The molecule has 0 saturated carbocycles. The molecule has 0 saturated heterocycles. The second kappa shape index (κ2) is 5.70. The molecular weight excluding hydrogens is 252 g/mol. The van der Waals surface area contributed by atoms with Gasteiger partial charge < -0.3 is 14.3 Å². The highest BCUT2D eigenvalue weighted by atomic mass is 16.5. The third-order valence-corrected chi connectivity index (χ3v) is 3.44. The summed E-state index contributed by atoms with van der Waals surface area (Å²) in [5.41, 5.74) is 2.14. The Bertz CT molecular complexity index is 541. The molecule has 0 aliphatic carbocycles. The molecule has 0 unspecified atom stereocenters. The lowest BCUT2D eigenvalue weighted by molar-refractivity contribution is -0.116. The van der Waals surface area contributed by atoms with Gasteiger partial charge in [0.25, 0.3) is 0 Å². The number of ketones is 1. The minimum absolute atomic E-state index is 0.0594. The summed E-state index contributed by atoms with van der Waals surface area (Å²) >= 11 is 0. The van der Waals surface area contributed by atoms with E-state index in [2.05, 4.69) is 19.9 Å². The van der Waals surface area contributed by atoms with Crippen LogP contribution in [-0.4, -0.2) is 19.5 Å². The molecule has 108 valence electrons. The van der Waals surface area contributed by atoms with E-state index in [1.165, 1.54) is 0 Å². The van der Waals surface area contributed by atoms with Gasteiger partial charge in [-0.25, -0.2) is 0 Å². The Hall–Kier alpha value is -1.77. The van der Waals surface area contributed by atoms with Crippen molar-refractivity contribution in [3.63, 3.8) is 0 Å². The summed E-state index contributed by atoms with van der Waals surface area (Å²) in [6.45, 7) is 6.51. The molecule has 0 bridgehead atoms. The van der Waals surface area contributed by atoms with Crippen molar-refractivity contribution in [3.8, 4) is 11.5 Å². The van der Waals surface area contributed by atoms with Crippen LogP contribution >= 0.6 is 0 Å². The van der Waals surface area contributed by atoms with Crippen LogP contribution in [0.15, 0.2) is 24.3 Å². The molecule has 3 heteroatoms. The number of ether oxygens (including phenoxy) is 2. The number of hydrogen-bond donors (Lipinski definition) is 0. The Kier molecular flexibility index (Phi) is 4.17. The average molecular weight is 274 g/mol. The van der Waals surface area contributed by atoms with Crippen LogP contribution in [-0.2, 0) is 4.79 Å². The van der Waals surface area contributed by atoms with Crippen LogP contribution in [0, 0.1) is 5.41 Å². The maximum Gasteiger partial charge on any atom is 0.168 e. The van der Waals surface area contributed by atoms with E-state index >= 15 is 0 Å². The van der Waals surface area contributed by atoms with Crippen LogP contribution < -0.4 is 9.47 Å². The van der Waals surface area contributed by atoms with Crippen LogP contribution in [0.1, 0.15) is 39.2 Å². The highest BCUT2D eigenvalue weighted by Crippen LogP contribution is 2.42. The van der Waals surface area contributed by atoms with E-state index in [1.54, 1.807) is 14.0 Å². The number of carbonyl (C=O) groups excluding carboxylic acids is 1. The van der Waals surface area contributed by atoms with Gasteiger partial charge in [0.05, 0.1) is 13.7 Å². The molecule has 0 amide bonds. The molecule has 3 nitrogen and oxygen atoms in total. The molecule has 0 atom stereocenters. The largest absolute Gasteiger partial charge is 0.493 e. The van der Waals surface area contributed by atoms with Crippen molar-refractivity contribution < 1.29 is 14.3 Å². The number of hydrogen-bond acceptors (Lipinski definition) is 3. The Morgan fingerprint density at radius 2 is 2.15 bits per heavy atom. The Morgan fingerprint density at radius 1 is 1.40 bits per heavy atom. The zero-order chi connectivity index (χ0) is 14.8. The molecule has 2 rings (SSSR count). The lowest BCUT2D eigenvalue weighted by atomic mass is 9.88. The molecule has 20 heavy (non-hydrogen) atoms. The standard InChI is InChI=1S/C17H22O3/c1-12(18)8-9-13-10-17(2,3)11-20-16-14(13)6-5-7-15(16)19-4/h5-7,10H,8-9,11H2,1-4H3. The third kappa shape index (κ3) is 3.21. The fraction of sp³-hybridized carbons (Fsp3) is 0.471. The first-order valence-corrected chi connectivity index (χ1v) is 6.94. The summed E-state index contributed by atoms with van der Waals surface area (Å²) in [5, 5.41) is 0. The first-order valence-electron chi connectivity index (χ1n) is 6.94. The summed E-state index contributed by atoms with van der Waals surface area (Å²) in [7, 11) is 1.65. The first-order chi connectivity index (χ1) is 9.43. The maximum absolute atomic E-state index is 11.3. The van der Waals surface area contributed by atoms with Gasteiger partial charge >= 0.3 is 0 Å². The summed E-state index contributed by atoms with van der Waals surface area (Å²) in [6, 6.07) is 5.89. The SMILES string of the molecule is COc1cccc2c1OCC(C)(C)C=C2CCC(C)=O. The second-order valence-electron chi connectivity index (χ2n) is 5.99. The van der Waals surface area contributed by atoms with Crippen molar-refractivity contribution in [2.45, 2.75) is 33.6 Å². The number of methoxy groups -OCH3 is 1. The van der Waals surface area contributed by atoms with Crippen molar-refractivity contribution >= 4 is 11.4 Å². The normalized spacial score (nSPS) is 16.5. The topological polar surface area (TPSA) is 35.5 Å². The third-order valence-electron chi connectivity index (χ3n) is 3.44. The number of rotatable bonds is 4. The van der Waals surface area contributed by atoms with Gasteiger partial charge in [0.15, 0.2) is 11.5 Å². The number of fused-ring (bicyclic) bond motifs is 1. The molecule has 0 radical (unpaired) electrons. The minimum Gasteiger partial charge on any atom is -0.493 e. The second-order valence-corrected chi connectivity index (χ2v) is 5.99. The van der Waals surface area contributed by atoms with E-state index in [-0.39, 0.29) is 11.2 Å². The van der Waals surface area contributed by atoms with Gasteiger partial charge in [-0.05, 0) is 25.0 Å². The number of benzene rings is 1. The first kappa shape index (κ1) is 14.6. The van der Waals surface area contributed by atoms with Gasteiger partial charge in [-0.15, -0.1) is 0 Å². The molecule has 0 fully saturated rings. The van der Waals surface area contributed by atoms with Crippen LogP contribution in [0.3, 0.4) is 0 Å². The maximum atomic E-state index is 11.3. The highest BCUT2D eigenvalue weighted by molar-refractivity contribution is 5.80. The average Bonchev–Trinajstić information content (AvgIpc) is 2.53. The van der Waals surface area contributed by atoms with Gasteiger partial charge in [-0.2, -0.15) is 0 Å². The summed E-state index contributed by atoms with van der Waals surface area (Å²) < 4.78 is 11.4. The van der Waals surface area contributed by atoms with Crippen LogP contribution in [0.5, 0.6) is 11.5 Å². The molecular formula is C17H22O3. The van der Waals surface area contributed by atoms with Crippen molar-refractivity contribution in [2.24, 2.45) is 5.41 Å². The van der Waals surface area contributed by atoms with E-state index in [1.807, 2.05) is 18.2 Å². The van der Waals surface area contributed by atoms with Crippen molar-refractivity contribution in [1.29, 1.82) is 0 Å². The summed E-state index contributed by atoms with van der Waals surface area (Å²) in [5.74, 6) is 1.74. The zero-order valence-electron chi connectivity index (χ0n) is 12.7. The quantitative estimate of drug-likeness (QED) is 0.836. The van der Waals surface area contributed by atoms with E-state index in [0.717, 1.165) is 29.1 Å². The van der Waals surface area contributed by atoms with Gasteiger partial charge in [0.1, 0.15) is 5.78 Å². The van der Waals surface area contributed by atoms with Gasteiger partial charge in [-0.3, -0.25) is 0 Å². The van der Waals surface area contributed by atoms with E-state index in [9.17, 15) is 4.79 Å². The van der Waals surface area contributed by atoms with Crippen molar-refractivity contribution in [1.82, 2.24) is 0 Å². The van der Waals surface area contributed by atoms with Gasteiger partial charge in [-0.1, -0.05) is 32.1 Å². The number of Topliss-reactive ketones (excluding diaryl/α,β-unsaturated/α-hetero) is 1. The Balaban J connectivity index is 2.45. The highest BCUT2D eigenvalue weighted by Gasteiger charge is 2.25. The molecule has 1 heterocycles. The van der Waals surface area contributed by atoms with Crippen molar-refractivity contribution in [3.05, 3.63) is 29.8 Å². The van der Waals surface area contributed by atoms with E-state index in [4.69, 9.17) is 9.47 Å². The molecule has 1 aromatic carbocycles. The molecule has 0 aromatic heterocycles. The molecule has 0 N–H and O–H groups in total. The Morgan fingerprint density at radius 3 is 2.80 bits per heavy atom. The van der Waals surface area contributed by atoms with Crippen LogP contribution in [0.4, 0.5) is 0 Å². The zero-order valence-corrected chi connectivity index (χ0v) is 12.7. The van der Waals surface area contributed by atoms with E-state index < -0.39 is 0 Å². The predicted octanol–water partition coefficient (Wildman–Crippen LogP) is 3.87. The number of para-hydroxylation sites is 1. The molecule has 0 spiro atoms. The monoisotopic (exact) mass is 274 g/mol. The van der Waals surface area contributed by atoms with E-state index in [0.29, 0.717) is 13.0 Å². The fourth-order valence-electron chi connectivity index (χ4n) is 2.45. The fourth-order valence-corrected chi connectivity index (χ4v) is 2.45. The summed E-state index contributed by atoms with van der Waals surface area (Å²) in [4.78, 5) is 11.3. The number of allylic oxidation sites excluding steroid dienone is 1. The summed E-state index contributed by atoms with van der Waals surface area (Å²) in [6.07, 6.45) is 3.52. The predicted molar refractivity (Wildman–Crippen MR) is 80.2 cm³/mol. The lowest BCUT2D eigenvalue weighted by Crippen LogP contribution is -2.17. The van der Waals surface area contributed by atoms with Crippen molar-refractivity contribution in [2.75, 3.05) is 13.7 Å². The lowest BCUT2D eigenvalue weighted by Gasteiger charge is -2.19. The van der Waals surface area contributed by atoms with Gasteiger partial charge in [0, 0.05) is 17.4 Å². The molecule has 1 aliphatic rings. The Labute approximate surface area is 120 Å². The smallest absolute Gasteiger partial charge is 0.168 e. The van der Waals surface area contributed by atoms with Gasteiger partial charge in [0.2, 0.25) is 0 Å². The molecule has 1 aliphatic heterocycles. The minimum atomic E-state index is -0.0594. The number of carbonyl (C=O) groups is 1.